The third-order valence-electron chi connectivity index (χ3n) is 10.1. The predicted molar refractivity (Wildman–Crippen MR) is 175 cm³/mol. The minimum Gasteiger partial charge on any atom is -0.478 e. The largest absolute Gasteiger partial charge is 0.478 e. The zero-order chi connectivity index (χ0) is 32.5. The molecule has 2 bridgehead atoms. The Morgan fingerprint density at radius 2 is 1.61 bits per heavy atom. The van der Waals surface area contributed by atoms with Gasteiger partial charge in [-0.15, -0.1) is 11.3 Å². The number of aromatic nitrogens is 1. The highest BCUT2D eigenvalue weighted by Gasteiger charge is 2.45. The van der Waals surface area contributed by atoms with Crippen molar-refractivity contribution in [2.24, 2.45) is 11.8 Å². The lowest BCUT2D eigenvalue weighted by Gasteiger charge is -2.44. The Morgan fingerprint density at radius 3 is 2.17 bits per heavy atom. The lowest BCUT2D eigenvalue weighted by atomic mass is 9.79. The van der Waals surface area contributed by atoms with Crippen LogP contribution in [0.1, 0.15) is 55.0 Å². The van der Waals surface area contributed by atoms with E-state index in [-0.39, 0.29) is 51.2 Å². The number of piperazine rings is 1. The van der Waals surface area contributed by atoms with Crippen molar-refractivity contribution in [2.75, 3.05) is 33.3 Å². The number of fused-ring (bicyclic) bond motifs is 2. The number of rotatable bonds is 10. The van der Waals surface area contributed by atoms with Crippen LogP contribution in [-0.4, -0.2) is 88.3 Å². The summed E-state index contributed by atoms with van der Waals surface area (Å²) in [5.74, 6) is -2.95. The fourth-order valence-electron chi connectivity index (χ4n) is 8.06. The van der Waals surface area contributed by atoms with Gasteiger partial charge >= 0.3 is 11.9 Å². The van der Waals surface area contributed by atoms with Crippen LogP contribution >= 0.6 is 34.5 Å². The number of hydrogen-bond donors (Lipinski definition) is 3. The van der Waals surface area contributed by atoms with Crippen molar-refractivity contribution in [1.29, 1.82) is 0 Å². The lowest BCUT2D eigenvalue weighted by molar-refractivity contribution is -0.133. The minimum atomic E-state index is -1.35. The highest BCUT2D eigenvalue weighted by Crippen LogP contribution is 2.47. The molecule has 0 spiro atoms. The molecule has 3 unspecified atom stereocenters. The van der Waals surface area contributed by atoms with Gasteiger partial charge in [0.1, 0.15) is 0 Å². The van der Waals surface area contributed by atoms with Gasteiger partial charge in [0.2, 0.25) is 5.91 Å². The Bertz CT molecular complexity index is 1520. The van der Waals surface area contributed by atoms with E-state index in [0.717, 1.165) is 30.9 Å². The second-order valence-corrected chi connectivity index (χ2v) is 14.3. The number of carboxylic acid groups (broad SMARTS) is 2. The summed E-state index contributed by atoms with van der Waals surface area (Å²) in [5, 5.41) is 27.0. The predicted octanol–water partition coefficient (Wildman–Crippen LogP) is 5.18. The number of aryl methyl sites for hydroxylation is 1. The van der Waals surface area contributed by atoms with Crippen LogP contribution in [0.15, 0.2) is 52.3 Å². The molecule has 1 aromatic carbocycles. The average molecular weight is 690 g/mol. The number of dihydropyridines is 1. The zero-order valence-corrected chi connectivity index (χ0v) is 27.9. The van der Waals surface area contributed by atoms with Crippen molar-refractivity contribution in [2.45, 2.75) is 63.0 Å². The number of nitrogens with one attached hydrogen (secondary N) is 1. The monoisotopic (exact) mass is 688 g/mol. The number of benzene rings is 1. The Balaban J connectivity index is 1.25. The van der Waals surface area contributed by atoms with Gasteiger partial charge in [-0.1, -0.05) is 29.3 Å². The third kappa shape index (κ3) is 6.57. The summed E-state index contributed by atoms with van der Waals surface area (Å²) in [5.41, 5.74) is 0.232. The molecule has 2 aliphatic carbocycles. The summed E-state index contributed by atoms with van der Waals surface area (Å²) >= 11 is 14.6. The number of carbonyl (C=O) groups excluding carboxylic acids is 1. The minimum absolute atomic E-state index is 0.144. The van der Waals surface area contributed by atoms with E-state index in [4.69, 9.17) is 27.9 Å². The van der Waals surface area contributed by atoms with Crippen LogP contribution < -0.4 is 5.32 Å². The van der Waals surface area contributed by atoms with Crippen LogP contribution in [0.4, 0.5) is 0 Å². The first-order valence-electron chi connectivity index (χ1n) is 15.7. The van der Waals surface area contributed by atoms with Gasteiger partial charge in [0.05, 0.1) is 34.6 Å². The van der Waals surface area contributed by atoms with Crippen molar-refractivity contribution < 1.29 is 29.3 Å². The molecule has 3 N–H and O–H groups in total. The fourth-order valence-corrected chi connectivity index (χ4v) is 9.29. The number of nitrogens with zero attached hydrogens (tertiary/aromatic N) is 3. The van der Waals surface area contributed by atoms with Crippen LogP contribution in [0.5, 0.6) is 0 Å². The summed E-state index contributed by atoms with van der Waals surface area (Å²) in [6.45, 7) is 2.60. The van der Waals surface area contributed by atoms with Gasteiger partial charge in [0, 0.05) is 84.3 Å². The molecule has 3 atom stereocenters. The van der Waals surface area contributed by atoms with Crippen molar-refractivity contribution in [3.63, 3.8) is 0 Å². The van der Waals surface area contributed by atoms with Crippen LogP contribution in [-0.2, 0) is 25.5 Å². The van der Waals surface area contributed by atoms with E-state index >= 15 is 0 Å². The zero-order valence-electron chi connectivity index (χ0n) is 25.6. The van der Waals surface area contributed by atoms with Crippen molar-refractivity contribution in [1.82, 2.24) is 20.1 Å². The standard InChI is InChI=1S/C33H38Cl2N4O6S/c1-45-31-18-5-6-19(31)16-20(15-18)38-10-12-39(13-11-38)26(40)17-24-29(33(43)44)30(27-21(34)3-2-4-22(27)35)28(32(41)42)23(37-24)7-8-25-36-9-14-46-25/h2-4,9,14,18-20,30-31,37H,5-8,10-13,15-17H2,1H3,(H,41,42)(H,43,44). The van der Waals surface area contributed by atoms with Gasteiger partial charge < -0.3 is 25.2 Å². The maximum Gasteiger partial charge on any atom is 0.334 e. The second kappa shape index (κ2) is 14.0. The number of ether oxygens (including phenoxy) is 1. The molecular formula is C33H38Cl2N4O6S. The molecule has 1 amide bonds. The number of thiazole rings is 1. The molecule has 1 saturated heterocycles. The second-order valence-electron chi connectivity index (χ2n) is 12.5. The lowest BCUT2D eigenvalue weighted by Crippen LogP contribution is -2.54. The summed E-state index contributed by atoms with van der Waals surface area (Å²) in [4.78, 5) is 48.1. The van der Waals surface area contributed by atoms with Crippen molar-refractivity contribution in [3.8, 4) is 0 Å². The Kier molecular flexibility index (Phi) is 10.1. The van der Waals surface area contributed by atoms with Crippen LogP contribution in [0.25, 0.3) is 0 Å². The highest BCUT2D eigenvalue weighted by molar-refractivity contribution is 7.09. The summed E-state index contributed by atoms with van der Waals surface area (Å²) in [6.07, 6.45) is 7.16. The maximum absolute atomic E-state index is 13.8. The number of carbonyl (C=O) groups is 3. The Morgan fingerprint density at radius 1 is 0.978 bits per heavy atom. The first kappa shape index (κ1) is 33.0. The first-order chi connectivity index (χ1) is 22.2. The molecule has 10 nitrogen and oxygen atoms in total. The third-order valence-corrected chi connectivity index (χ3v) is 11.6. The van der Waals surface area contributed by atoms with E-state index in [9.17, 15) is 24.6 Å². The molecule has 13 heteroatoms. The molecule has 2 aromatic rings. The molecule has 1 aromatic heterocycles. The van der Waals surface area contributed by atoms with E-state index in [1.807, 2.05) is 12.5 Å². The maximum atomic E-state index is 13.8. The molecule has 2 saturated carbocycles. The van der Waals surface area contributed by atoms with Crippen molar-refractivity contribution >= 4 is 52.4 Å². The number of methoxy groups -OCH3 is 1. The molecule has 3 heterocycles. The first-order valence-corrected chi connectivity index (χ1v) is 17.4. The summed E-state index contributed by atoms with van der Waals surface area (Å²) in [6, 6.07) is 5.21. The van der Waals surface area contributed by atoms with Gasteiger partial charge in [0.25, 0.3) is 0 Å². The summed E-state index contributed by atoms with van der Waals surface area (Å²) < 4.78 is 5.79. The number of carboxylic acids is 2. The number of allylic oxidation sites excluding steroid dienone is 1. The van der Waals surface area contributed by atoms with E-state index in [1.54, 1.807) is 29.3 Å². The molecule has 6 rings (SSSR count). The average Bonchev–Trinajstić information content (AvgIpc) is 3.64. The number of aliphatic carboxylic acids is 2. The fraction of sp³-hybridized carbons (Fsp3) is 0.515. The van der Waals surface area contributed by atoms with Gasteiger partial charge in [-0.05, 0) is 56.1 Å². The number of hydrogen-bond acceptors (Lipinski definition) is 8. The van der Waals surface area contributed by atoms with Crippen LogP contribution in [0, 0.1) is 11.8 Å². The van der Waals surface area contributed by atoms with Crippen LogP contribution in [0.2, 0.25) is 10.0 Å². The number of amides is 1. The molecule has 246 valence electrons. The van der Waals surface area contributed by atoms with Gasteiger partial charge in [0.15, 0.2) is 0 Å². The van der Waals surface area contributed by atoms with E-state index < -0.39 is 17.9 Å². The molecule has 0 radical (unpaired) electrons. The molecule has 3 fully saturated rings. The topological polar surface area (TPSA) is 132 Å². The van der Waals surface area contributed by atoms with Crippen molar-refractivity contribution in [3.05, 3.63) is 72.9 Å². The van der Waals surface area contributed by atoms with Gasteiger partial charge in [-0.2, -0.15) is 0 Å². The molecule has 4 aliphatic rings. The quantitative estimate of drug-likeness (QED) is 0.309. The van der Waals surface area contributed by atoms with E-state index in [1.165, 1.54) is 24.2 Å². The normalized spacial score (nSPS) is 26.8. The Labute approximate surface area is 282 Å². The smallest absolute Gasteiger partial charge is 0.334 e. The van der Waals surface area contributed by atoms with Gasteiger partial charge in [-0.25, -0.2) is 14.6 Å². The van der Waals surface area contributed by atoms with Gasteiger partial charge in [-0.3, -0.25) is 9.69 Å². The SMILES string of the molecule is COC1C2CCC1CC(N1CCN(C(=O)CC3=C(C(=O)O)C(c4c(Cl)cccc4Cl)C(C(=O)O)=C(CCc4nccs4)N3)CC1)C2. The van der Waals surface area contributed by atoms with Crippen LogP contribution in [0.3, 0.4) is 0 Å². The highest BCUT2D eigenvalue weighted by atomic mass is 35.5. The molecular weight excluding hydrogens is 651 g/mol. The Hall–Kier alpha value is -2.96. The summed E-state index contributed by atoms with van der Waals surface area (Å²) in [7, 11) is 1.82. The molecule has 46 heavy (non-hydrogen) atoms. The number of halogens is 2. The van der Waals surface area contributed by atoms with E-state index in [0.29, 0.717) is 49.2 Å². The van der Waals surface area contributed by atoms with E-state index in [2.05, 4.69) is 15.2 Å². The molecule has 2 aliphatic heterocycles.